The number of halogens is 1. The highest BCUT2D eigenvalue weighted by Gasteiger charge is 2.31. The average Bonchev–Trinajstić information content (AvgIpc) is 3.48. The summed E-state index contributed by atoms with van der Waals surface area (Å²) in [6.07, 6.45) is 7.88. The van der Waals surface area contributed by atoms with Crippen molar-refractivity contribution in [2.24, 2.45) is 0 Å². The topological polar surface area (TPSA) is 60.6 Å². The Morgan fingerprint density at radius 2 is 1.90 bits per heavy atom. The third-order valence-corrected chi connectivity index (χ3v) is 5.49. The minimum absolute atomic E-state index is 0.256. The van der Waals surface area contributed by atoms with Gasteiger partial charge in [-0.1, -0.05) is 0 Å². The van der Waals surface area contributed by atoms with Crippen molar-refractivity contribution in [1.82, 2.24) is 24.1 Å². The van der Waals surface area contributed by atoms with Gasteiger partial charge in [-0.15, -0.1) is 0 Å². The second-order valence-corrected chi connectivity index (χ2v) is 7.47. The minimum Gasteiger partial charge on any atom is -0.354 e. The summed E-state index contributed by atoms with van der Waals surface area (Å²) in [5.74, 6) is 1.38. The SMILES string of the molecule is CCNc1nccc(-c2c(-c3ccc(F)cc3)nc3n2C(Cn2cccc2)CC3)n1. The number of imidazole rings is 1. The number of nitrogens with zero attached hydrogens (tertiary/aromatic N) is 5. The smallest absolute Gasteiger partial charge is 0.223 e. The first-order chi connectivity index (χ1) is 14.7. The van der Waals surface area contributed by atoms with Crippen molar-refractivity contribution >= 4 is 5.95 Å². The zero-order valence-corrected chi connectivity index (χ0v) is 16.8. The number of fused-ring (bicyclic) bond motifs is 1. The van der Waals surface area contributed by atoms with Crippen molar-refractivity contribution < 1.29 is 4.39 Å². The molecule has 4 heterocycles. The second kappa shape index (κ2) is 7.74. The van der Waals surface area contributed by atoms with E-state index in [0.29, 0.717) is 5.95 Å². The van der Waals surface area contributed by atoms with Crippen molar-refractivity contribution in [2.45, 2.75) is 32.4 Å². The van der Waals surface area contributed by atoms with E-state index in [-0.39, 0.29) is 11.9 Å². The van der Waals surface area contributed by atoms with Gasteiger partial charge in [-0.2, -0.15) is 0 Å². The average molecular weight is 402 g/mol. The van der Waals surface area contributed by atoms with E-state index < -0.39 is 0 Å². The number of hydrogen-bond donors (Lipinski definition) is 1. The standard InChI is InChI=1S/C23H23FN6/c1-2-25-23-26-12-11-19(27-23)22-21(16-5-7-17(24)8-6-16)28-20-10-9-18(30(20)22)15-29-13-3-4-14-29/h3-8,11-14,18H,2,9-10,15H2,1H3,(H,25,26,27). The summed E-state index contributed by atoms with van der Waals surface area (Å²) in [7, 11) is 0. The Morgan fingerprint density at radius 3 is 2.67 bits per heavy atom. The quantitative estimate of drug-likeness (QED) is 0.513. The van der Waals surface area contributed by atoms with Crippen molar-refractivity contribution in [3.63, 3.8) is 0 Å². The second-order valence-electron chi connectivity index (χ2n) is 7.47. The lowest BCUT2D eigenvalue weighted by molar-refractivity contribution is 0.452. The molecular weight excluding hydrogens is 379 g/mol. The Kier molecular flexibility index (Phi) is 4.78. The van der Waals surface area contributed by atoms with Crippen LogP contribution in [0.2, 0.25) is 0 Å². The molecule has 3 aromatic heterocycles. The molecule has 0 radical (unpaired) electrons. The van der Waals surface area contributed by atoms with Gasteiger partial charge in [0, 0.05) is 43.7 Å². The largest absolute Gasteiger partial charge is 0.354 e. The molecule has 1 atom stereocenters. The third-order valence-electron chi connectivity index (χ3n) is 5.49. The lowest BCUT2D eigenvalue weighted by Gasteiger charge is -2.18. The minimum atomic E-state index is -0.256. The van der Waals surface area contributed by atoms with Gasteiger partial charge in [-0.3, -0.25) is 0 Å². The molecule has 5 rings (SSSR count). The fourth-order valence-corrected chi connectivity index (χ4v) is 4.17. The van der Waals surface area contributed by atoms with Crippen molar-refractivity contribution in [2.75, 3.05) is 11.9 Å². The monoisotopic (exact) mass is 402 g/mol. The number of rotatable bonds is 6. The maximum atomic E-state index is 13.5. The summed E-state index contributed by atoms with van der Waals surface area (Å²) < 4.78 is 18.1. The zero-order chi connectivity index (χ0) is 20.5. The Balaban J connectivity index is 1.66. The van der Waals surface area contributed by atoms with E-state index in [2.05, 4.69) is 31.8 Å². The third kappa shape index (κ3) is 3.36. The van der Waals surface area contributed by atoms with Crippen LogP contribution < -0.4 is 5.32 Å². The molecule has 0 spiro atoms. The molecule has 152 valence electrons. The maximum Gasteiger partial charge on any atom is 0.223 e. The van der Waals surface area contributed by atoms with Gasteiger partial charge in [0.2, 0.25) is 5.95 Å². The number of aryl methyl sites for hydroxylation is 1. The van der Waals surface area contributed by atoms with Crippen LogP contribution in [-0.4, -0.2) is 30.6 Å². The van der Waals surface area contributed by atoms with Crippen LogP contribution in [0.25, 0.3) is 22.6 Å². The first-order valence-electron chi connectivity index (χ1n) is 10.3. The predicted molar refractivity (Wildman–Crippen MR) is 115 cm³/mol. The van der Waals surface area contributed by atoms with E-state index in [1.807, 2.05) is 25.1 Å². The lowest BCUT2D eigenvalue weighted by Crippen LogP contribution is -2.13. The van der Waals surface area contributed by atoms with Crippen molar-refractivity contribution in [3.8, 4) is 22.6 Å². The molecule has 0 bridgehead atoms. The molecule has 0 aliphatic carbocycles. The Labute approximate surface area is 174 Å². The van der Waals surface area contributed by atoms with Gasteiger partial charge in [0.05, 0.1) is 23.1 Å². The lowest BCUT2D eigenvalue weighted by atomic mass is 10.1. The number of nitrogens with one attached hydrogen (secondary N) is 1. The van der Waals surface area contributed by atoms with Crippen LogP contribution in [0, 0.1) is 5.82 Å². The predicted octanol–water partition coefficient (Wildman–Crippen LogP) is 4.57. The van der Waals surface area contributed by atoms with Crippen molar-refractivity contribution in [3.05, 3.63) is 72.7 Å². The molecule has 1 aliphatic heterocycles. The summed E-state index contributed by atoms with van der Waals surface area (Å²) in [4.78, 5) is 14.0. The van der Waals surface area contributed by atoms with Crippen molar-refractivity contribution in [1.29, 1.82) is 0 Å². The molecule has 4 aromatic rings. The van der Waals surface area contributed by atoms with Crippen LogP contribution in [0.15, 0.2) is 61.1 Å². The van der Waals surface area contributed by atoms with E-state index in [0.717, 1.165) is 54.4 Å². The van der Waals surface area contributed by atoms with Crippen LogP contribution in [0.4, 0.5) is 10.3 Å². The summed E-state index contributed by atoms with van der Waals surface area (Å²) in [6, 6.07) is 12.8. The molecule has 0 amide bonds. The van der Waals surface area contributed by atoms with Gasteiger partial charge in [0.15, 0.2) is 0 Å². The molecule has 0 saturated heterocycles. The van der Waals surface area contributed by atoms with Gasteiger partial charge >= 0.3 is 0 Å². The molecule has 0 saturated carbocycles. The highest BCUT2D eigenvalue weighted by Crippen LogP contribution is 2.39. The molecule has 0 fully saturated rings. The molecule has 1 aliphatic rings. The van der Waals surface area contributed by atoms with Gasteiger partial charge in [0.1, 0.15) is 11.6 Å². The highest BCUT2D eigenvalue weighted by atomic mass is 19.1. The summed E-state index contributed by atoms with van der Waals surface area (Å²) in [5.41, 5.74) is 3.51. The normalized spacial score (nSPS) is 15.3. The maximum absolute atomic E-state index is 13.5. The van der Waals surface area contributed by atoms with Crippen LogP contribution in [0.3, 0.4) is 0 Å². The molecule has 1 aromatic carbocycles. The molecule has 6 nitrogen and oxygen atoms in total. The molecule has 1 unspecified atom stereocenters. The van der Waals surface area contributed by atoms with E-state index >= 15 is 0 Å². The van der Waals surface area contributed by atoms with Gasteiger partial charge < -0.3 is 14.5 Å². The Hall–Kier alpha value is -3.48. The van der Waals surface area contributed by atoms with Crippen LogP contribution in [0.5, 0.6) is 0 Å². The number of benzene rings is 1. The summed E-state index contributed by atoms with van der Waals surface area (Å²) in [6.45, 7) is 3.63. The molecule has 7 heteroatoms. The highest BCUT2D eigenvalue weighted by molar-refractivity contribution is 5.78. The number of hydrogen-bond acceptors (Lipinski definition) is 4. The fraction of sp³-hybridized carbons (Fsp3) is 0.261. The zero-order valence-electron chi connectivity index (χ0n) is 16.8. The Morgan fingerprint density at radius 1 is 1.10 bits per heavy atom. The first-order valence-corrected chi connectivity index (χ1v) is 10.3. The number of anilines is 1. The molecule has 30 heavy (non-hydrogen) atoms. The van der Waals surface area contributed by atoms with E-state index in [1.165, 1.54) is 12.1 Å². The van der Waals surface area contributed by atoms with Gasteiger partial charge in [-0.25, -0.2) is 19.3 Å². The summed E-state index contributed by atoms with van der Waals surface area (Å²) >= 11 is 0. The van der Waals surface area contributed by atoms with Gasteiger partial charge in [0.25, 0.3) is 0 Å². The fourth-order valence-electron chi connectivity index (χ4n) is 4.17. The Bertz CT molecular complexity index is 1150. The van der Waals surface area contributed by atoms with Crippen LogP contribution in [0.1, 0.15) is 25.2 Å². The van der Waals surface area contributed by atoms with Crippen LogP contribution in [-0.2, 0) is 13.0 Å². The van der Waals surface area contributed by atoms with Crippen LogP contribution >= 0.6 is 0 Å². The van der Waals surface area contributed by atoms with Gasteiger partial charge in [-0.05, 0) is 55.8 Å². The van der Waals surface area contributed by atoms with E-state index in [1.54, 1.807) is 18.3 Å². The first kappa shape index (κ1) is 18.5. The number of aromatic nitrogens is 5. The van der Waals surface area contributed by atoms with E-state index in [9.17, 15) is 4.39 Å². The summed E-state index contributed by atoms with van der Waals surface area (Å²) in [5, 5.41) is 3.19. The van der Waals surface area contributed by atoms with E-state index in [4.69, 9.17) is 9.97 Å². The molecule has 1 N–H and O–H groups in total. The molecular formula is C23H23FN6.